The molecule has 1 fully saturated rings. The Hall–Kier alpha value is -2.70. The summed E-state index contributed by atoms with van der Waals surface area (Å²) in [6, 6.07) is 0. The number of carboxylic acids is 1. The fraction of sp³-hybridized carbons (Fsp3) is 0.533. The van der Waals surface area contributed by atoms with Gasteiger partial charge in [-0.05, 0) is 26.4 Å². The fourth-order valence-corrected chi connectivity index (χ4v) is 6.34. The molecule has 2 amide bonds. The number of aromatic nitrogens is 8. The lowest BCUT2D eigenvalue weighted by molar-refractivity contribution is -0.192. The minimum Gasteiger partial charge on any atom is -0.477 e. The van der Waals surface area contributed by atoms with Gasteiger partial charge in [0.2, 0.25) is 16.2 Å². The minimum absolute atomic E-state index is 0.0563. The maximum absolute atomic E-state index is 13.1. The SMILES string of the molecule is CO[C@@]1(NC(=O)CSc2nnnn2C)C(=O)N2C(C(=O)O)=C(CSc3nnnn3C)CS[C@@H]21. The Morgan fingerprint density at radius 1 is 1.21 bits per heavy atom. The van der Waals surface area contributed by atoms with E-state index in [1.54, 1.807) is 14.1 Å². The number of aliphatic carboxylic acids is 1. The lowest BCUT2D eigenvalue weighted by atomic mass is 9.98. The summed E-state index contributed by atoms with van der Waals surface area (Å²) in [4.78, 5) is 38.9. The van der Waals surface area contributed by atoms with Gasteiger partial charge < -0.3 is 15.2 Å². The normalized spacial score (nSPS) is 22.2. The summed E-state index contributed by atoms with van der Waals surface area (Å²) in [6.45, 7) is 0. The molecule has 4 heterocycles. The second kappa shape index (κ2) is 9.27. The van der Waals surface area contributed by atoms with Gasteiger partial charge in [0.25, 0.3) is 11.6 Å². The highest BCUT2D eigenvalue weighted by Gasteiger charge is 2.66. The van der Waals surface area contributed by atoms with E-state index in [1.165, 1.54) is 40.0 Å². The first-order valence-electron chi connectivity index (χ1n) is 9.25. The van der Waals surface area contributed by atoms with E-state index < -0.39 is 28.9 Å². The van der Waals surface area contributed by atoms with Crippen molar-refractivity contribution in [1.29, 1.82) is 0 Å². The van der Waals surface area contributed by atoms with E-state index in [4.69, 9.17) is 4.74 Å². The first kappa shape index (κ1) is 23.5. The smallest absolute Gasteiger partial charge is 0.352 e. The molecule has 0 aliphatic carbocycles. The van der Waals surface area contributed by atoms with Gasteiger partial charge in [0, 0.05) is 32.7 Å². The van der Waals surface area contributed by atoms with E-state index in [-0.39, 0.29) is 17.2 Å². The lowest BCUT2D eigenvalue weighted by Crippen LogP contribution is -2.80. The van der Waals surface area contributed by atoms with Crippen molar-refractivity contribution < 1.29 is 24.2 Å². The topological polar surface area (TPSA) is 183 Å². The van der Waals surface area contributed by atoms with Crippen molar-refractivity contribution in [2.75, 3.05) is 24.4 Å². The molecule has 0 saturated carbocycles. The number of tetrazole rings is 2. The molecule has 2 aromatic heterocycles. The summed E-state index contributed by atoms with van der Waals surface area (Å²) in [5.74, 6) is -1.81. The second-order valence-electron chi connectivity index (χ2n) is 6.83. The molecule has 1 saturated heterocycles. The molecule has 2 atom stereocenters. The number of carboxylic acid groups (broad SMARTS) is 1. The van der Waals surface area contributed by atoms with Gasteiger partial charge in [0.05, 0.1) is 5.75 Å². The molecule has 2 aromatic rings. The third-order valence-electron chi connectivity index (χ3n) is 4.83. The van der Waals surface area contributed by atoms with Gasteiger partial charge in [-0.2, -0.15) is 0 Å². The molecule has 0 aromatic carbocycles. The third kappa shape index (κ3) is 4.18. The average Bonchev–Trinajstić information content (AvgIpc) is 3.40. The summed E-state index contributed by atoms with van der Waals surface area (Å²) < 4.78 is 8.32. The van der Waals surface area contributed by atoms with Gasteiger partial charge in [0.15, 0.2) is 0 Å². The highest BCUT2D eigenvalue weighted by molar-refractivity contribution is 8.01. The molecule has 15 nitrogen and oxygen atoms in total. The van der Waals surface area contributed by atoms with Crippen LogP contribution in [0.1, 0.15) is 0 Å². The predicted octanol–water partition coefficient (Wildman–Crippen LogP) is -1.67. The van der Waals surface area contributed by atoms with E-state index in [0.29, 0.717) is 21.6 Å². The highest BCUT2D eigenvalue weighted by Crippen LogP contribution is 2.47. The fourth-order valence-electron chi connectivity index (χ4n) is 3.27. The molecule has 0 radical (unpaired) electrons. The Morgan fingerprint density at radius 2 is 1.85 bits per heavy atom. The maximum Gasteiger partial charge on any atom is 0.352 e. The van der Waals surface area contributed by atoms with Crippen LogP contribution in [0.15, 0.2) is 21.6 Å². The van der Waals surface area contributed by atoms with Crippen molar-refractivity contribution in [2.45, 2.75) is 21.4 Å². The first-order chi connectivity index (χ1) is 15.8. The standard InChI is InChI=1S/C15H18N10O5S3/c1-23-13(17-19-21-23)32-5-7-4-31-12-15(30-3,11(29)25(12)9(7)10(27)28)16-8(26)6-33-14-18-20-22-24(14)2/h12H,4-6H2,1-3H3,(H,16,26)(H,27,28)/t12-,15+/m1/s1. The zero-order chi connectivity index (χ0) is 23.8. The summed E-state index contributed by atoms with van der Waals surface area (Å²) in [5, 5.41) is 34.8. The first-order valence-corrected chi connectivity index (χ1v) is 12.3. The predicted molar refractivity (Wildman–Crippen MR) is 115 cm³/mol. The minimum atomic E-state index is -1.66. The number of β-lactam (4-membered cyclic amide) rings is 1. The maximum atomic E-state index is 13.1. The summed E-state index contributed by atoms with van der Waals surface area (Å²) in [7, 11) is 4.61. The number of nitrogens with one attached hydrogen (secondary N) is 1. The molecule has 33 heavy (non-hydrogen) atoms. The molecule has 2 aliphatic heterocycles. The molecule has 18 heteroatoms. The van der Waals surface area contributed by atoms with E-state index in [9.17, 15) is 19.5 Å². The van der Waals surface area contributed by atoms with Crippen LogP contribution in [0.5, 0.6) is 0 Å². The van der Waals surface area contributed by atoms with Crippen molar-refractivity contribution in [2.24, 2.45) is 14.1 Å². The molecule has 0 spiro atoms. The summed E-state index contributed by atoms with van der Waals surface area (Å²) in [6.07, 6.45) is 0. The summed E-state index contributed by atoms with van der Waals surface area (Å²) >= 11 is 3.67. The molecule has 176 valence electrons. The van der Waals surface area contributed by atoms with Crippen molar-refractivity contribution in [3.63, 3.8) is 0 Å². The van der Waals surface area contributed by atoms with Crippen LogP contribution in [0.2, 0.25) is 0 Å². The average molecular weight is 515 g/mol. The van der Waals surface area contributed by atoms with Gasteiger partial charge in [-0.15, -0.1) is 22.0 Å². The van der Waals surface area contributed by atoms with Gasteiger partial charge in [-0.1, -0.05) is 23.5 Å². The van der Waals surface area contributed by atoms with Crippen LogP contribution >= 0.6 is 35.3 Å². The molecule has 0 bridgehead atoms. The monoisotopic (exact) mass is 514 g/mol. The highest BCUT2D eigenvalue weighted by atomic mass is 32.2. The molecular formula is C15H18N10O5S3. The number of carbonyl (C=O) groups is 3. The van der Waals surface area contributed by atoms with E-state index >= 15 is 0 Å². The second-order valence-corrected chi connectivity index (χ2v) is 9.78. The van der Waals surface area contributed by atoms with Crippen LogP contribution in [-0.4, -0.2) is 104 Å². The number of hydrogen-bond acceptors (Lipinski definition) is 13. The van der Waals surface area contributed by atoms with Crippen LogP contribution in [0.3, 0.4) is 0 Å². The number of fused-ring (bicyclic) bond motifs is 1. The van der Waals surface area contributed by atoms with E-state index in [0.717, 1.165) is 16.7 Å². The molecule has 2 aliphatic rings. The largest absolute Gasteiger partial charge is 0.477 e. The van der Waals surface area contributed by atoms with Crippen LogP contribution < -0.4 is 5.32 Å². The van der Waals surface area contributed by atoms with Crippen LogP contribution in [0.4, 0.5) is 0 Å². The molecule has 0 unspecified atom stereocenters. The summed E-state index contributed by atoms with van der Waals surface area (Å²) in [5.41, 5.74) is -1.23. The Bertz CT molecular complexity index is 1140. The molecule has 2 N–H and O–H groups in total. The quantitative estimate of drug-likeness (QED) is 0.220. The number of nitrogens with zero attached hydrogens (tertiary/aromatic N) is 9. The Kier molecular flexibility index (Phi) is 6.59. The van der Waals surface area contributed by atoms with Gasteiger partial charge in [-0.25, -0.2) is 14.2 Å². The molecular weight excluding hydrogens is 496 g/mol. The van der Waals surface area contributed by atoms with Crippen molar-refractivity contribution in [1.82, 2.24) is 50.6 Å². The lowest BCUT2D eigenvalue weighted by Gasteiger charge is -2.55. The van der Waals surface area contributed by atoms with Crippen molar-refractivity contribution >= 4 is 53.1 Å². The van der Waals surface area contributed by atoms with Gasteiger partial charge in [0.1, 0.15) is 11.1 Å². The number of ether oxygens (including phenoxy) is 1. The Labute approximate surface area is 199 Å². The third-order valence-corrected chi connectivity index (χ3v) is 8.31. The van der Waals surface area contributed by atoms with Crippen LogP contribution in [-0.2, 0) is 33.2 Å². The van der Waals surface area contributed by atoms with E-state index in [2.05, 4.69) is 36.4 Å². The van der Waals surface area contributed by atoms with Crippen LogP contribution in [0.25, 0.3) is 0 Å². The van der Waals surface area contributed by atoms with E-state index in [1.807, 2.05) is 0 Å². The molecule has 4 rings (SSSR count). The Morgan fingerprint density at radius 3 is 2.39 bits per heavy atom. The number of thioether (sulfide) groups is 3. The number of methoxy groups -OCH3 is 1. The zero-order valence-corrected chi connectivity index (χ0v) is 20.0. The van der Waals surface area contributed by atoms with Gasteiger partial charge >= 0.3 is 5.97 Å². The Balaban J connectivity index is 1.48. The number of carbonyl (C=O) groups excluding carboxylic acids is 2. The number of rotatable bonds is 9. The number of amides is 2. The number of hydrogen-bond donors (Lipinski definition) is 2. The van der Waals surface area contributed by atoms with Gasteiger partial charge in [-0.3, -0.25) is 14.5 Å². The van der Waals surface area contributed by atoms with Crippen molar-refractivity contribution in [3.8, 4) is 0 Å². The number of aryl methyl sites for hydroxylation is 2. The zero-order valence-electron chi connectivity index (χ0n) is 17.5. The van der Waals surface area contributed by atoms with Crippen LogP contribution in [0, 0.1) is 0 Å². The van der Waals surface area contributed by atoms with Crippen molar-refractivity contribution in [3.05, 3.63) is 11.3 Å².